The van der Waals surface area contributed by atoms with Gasteiger partial charge in [0.05, 0.1) is 6.04 Å². The van der Waals surface area contributed by atoms with Crippen molar-refractivity contribution >= 4 is 0 Å². The summed E-state index contributed by atoms with van der Waals surface area (Å²) in [5.74, 6) is 0. The van der Waals surface area contributed by atoms with E-state index in [1.165, 1.54) is 11.1 Å². The first-order valence-corrected chi connectivity index (χ1v) is 4.56. The second kappa shape index (κ2) is 4.77. The van der Waals surface area contributed by atoms with Crippen LogP contribution < -0.4 is 5.32 Å². The Balaban J connectivity index is 2.90. The lowest BCUT2D eigenvalue weighted by Gasteiger charge is -2.15. The van der Waals surface area contributed by atoms with E-state index in [9.17, 15) is 0 Å². The Kier molecular flexibility index (Phi) is 3.65. The molecule has 0 bridgehead atoms. The minimum atomic E-state index is 0.244. The highest BCUT2D eigenvalue weighted by Crippen LogP contribution is 2.16. The van der Waals surface area contributed by atoms with Gasteiger partial charge in [0.1, 0.15) is 0 Å². The molecule has 0 radical (unpaired) electrons. The summed E-state index contributed by atoms with van der Waals surface area (Å²) in [6.07, 6.45) is 5.62. The standard InChI is InChI=1S/C11H16N2/c1-4-11(13-5-2)10-6-7-12-8-9(10)3/h4,6-8,11,13H,1,5H2,2-3H3. The van der Waals surface area contributed by atoms with Crippen LogP contribution in [0.3, 0.4) is 0 Å². The molecule has 70 valence electrons. The molecule has 1 atom stereocenters. The summed E-state index contributed by atoms with van der Waals surface area (Å²) in [6.45, 7) is 8.91. The summed E-state index contributed by atoms with van der Waals surface area (Å²) in [5.41, 5.74) is 2.46. The summed E-state index contributed by atoms with van der Waals surface area (Å²) < 4.78 is 0. The molecule has 0 spiro atoms. The fourth-order valence-corrected chi connectivity index (χ4v) is 1.37. The van der Waals surface area contributed by atoms with Gasteiger partial charge in [0.2, 0.25) is 0 Å². The number of nitrogens with zero attached hydrogens (tertiary/aromatic N) is 1. The van der Waals surface area contributed by atoms with E-state index in [1.54, 1.807) is 0 Å². The zero-order valence-electron chi connectivity index (χ0n) is 8.25. The molecule has 1 aromatic heterocycles. The number of nitrogens with one attached hydrogen (secondary N) is 1. The van der Waals surface area contributed by atoms with E-state index in [-0.39, 0.29) is 6.04 Å². The van der Waals surface area contributed by atoms with Gasteiger partial charge in [0.15, 0.2) is 0 Å². The topological polar surface area (TPSA) is 24.9 Å². The minimum Gasteiger partial charge on any atom is -0.307 e. The molecule has 0 fully saturated rings. The Labute approximate surface area is 79.7 Å². The molecule has 1 rings (SSSR count). The number of rotatable bonds is 4. The zero-order valence-corrected chi connectivity index (χ0v) is 8.25. The lowest BCUT2D eigenvalue weighted by atomic mass is 10.0. The van der Waals surface area contributed by atoms with Gasteiger partial charge in [-0.3, -0.25) is 4.98 Å². The predicted octanol–water partition coefficient (Wildman–Crippen LogP) is 2.23. The molecule has 0 aromatic carbocycles. The van der Waals surface area contributed by atoms with Gasteiger partial charge in [-0.1, -0.05) is 13.0 Å². The number of aryl methyl sites for hydroxylation is 1. The van der Waals surface area contributed by atoms with E-state index < -0.39 is 0 Å². The third kappa shape index (κ3) is 2.39. The Hall–Kier alpha value is -1.15. The molecule has 1 aromatic rings. The zero-order chi connectivity index (χ0) is 9.68. The van der Waals surface area contributed by atoms with E-state index in [4.69, 9.17) is 0 Å². The highest BCUT2D eigenvalue weighted by Gasteiger charge is 2.07. The Morgan fingerprint density at radius 1 is 1.69 bits per heavy atom. The van der Waals surface area contributed by atoms with Crippen molar-refractivity contribution < 1.29 is 0 Å². The van der Waals surface area contributed by atoms with Gasteiger partial charge >= 0.3 is 0 Å². The van der Waals surface area contributed by atoms with Crippen molar-refractivity contribution in [1.82, 2.24) is 10.3 Å². The van der Waals surface area contributed by atoms with Gasteiger partial charge in [-0.25, -0.2) is 0 Å². The third-order valence-corrected chi connectivity index (χ3v) is 2.06. The summed E-state index contributed by atoms with van der Waals surface area (Å²) in [5, 5.41) is 3.34. The van der Waals surface area contributed by atoms with Gasteiger partial charge in [-0.15, -0.1) is 6.58 Å². The van der Waals surface area contributed by atoms with Crippen LogP contribution in [0.5, 0.6) is 0 Å². The van der Waals surface area contributed by atoms with E-state index in [1.807, 2.05) is 24.5 Å². The van der Waals surface area contributed by atoms with Crippen LogP contribution in [0.25, 0.3) is 0 Å². The van der Waals surface area contributed by atoms with Gasteiger partial charge in [0, 0.05) is 12.4 Å². The van der Waals surface area contributed by atoms with Crippen LogP contribution in [0.15, 0.2) is 31.1 Å². The van der Waals surface area contributed by atoms with Crippen LogP contribution in [0.4, 0.5) is 0 Å². The van der Waals surface area contributed by atoms with Crippen LogP contribution >= 0.6 is 0 Å². The van der Waals surface area contributed by atoms with Gasteiger partial charge in [-0.05, 0) is 30.7 Å². The van der Waals surface area contributed by atoms with Gasteiger partial charge in [-0.2, -0.15) is 0 Å². The fourth-order valence-electron chi connectivity index (χ4n) is 1.37. The average Bonchev–Trinajstić information content (AvgIpc) is 2.16. The molecule has 0 amide bonds. The first-order valence-electron chi connectivity index (χ1n) is 4.56. The van der Waals surface area contributed by atoms with Crippen LogP contribution in [0, 0.1) is 6.92 Å². The molecule has 13 heavy (non-hydrogen) atoms. The van der Waals surface area contributed by atoms with Crippen molar-refractivity contribution in [2.75, 3.05) is 6.54 Å². The number of pyridine rings is 1. The summed E-state index contributed by atoms with van der Waals surface area (Å²) in [7, 11) is 0. The lowest BCUT2D eigenvalue weighted by Crippen LogP contribution is -2.19. The summed E-state index contributed by atoms with van der Waals surface area (Å²) in [4.78, 5) is 4.06. The molecule has 1 unspecified atom stereocenters. The SMILES string of the molecule is C=CC(NCC)c1ccncc1C. The number of hydrogen-bond donors (Lipinski definition) is 1. The van der Waals surface area contributed by atoms with Crippen LogP contribution in [0.1, 0.15) is 24.1 Å². The maximum atomic E-state index is 4.06. The molecular weight excluding hydrogens is 160 g/mol. The monoisotopic (exact) mass is 176 g/mol. The number of hydrogen-bond acceptors (Lipinski definition) is 2. The molecule has 2 heteroatoms. The van der Waals surface area contributed by atoms with Crippen molar-refractivity contribution in [1.29, 1.82) is 0 Å². The molecular formula is C11H16N2. The predicted molar refractivity (Wildman–Crippen MR) is 55.6 cm³/mol. The largest absolute Gasteiger partial charge is 0.307 e. The Morgan fingerprint density at radius 3 is 3.00 bits per heavy atom. The molecule has 0 saturated carbocycles. The van der Waals surface area contributed by atoms with Crippen LogP contribution in [0.2, 0.25) is 0 Å². The highest BCUT2D eigenvalue weighted by atomic mass is 14.9. The third-order valence-electron chi connectivity index (χ3n) is 2.06. The minimum absolute atomic E-state index is 0.244. The summed E-state index contributed by atoms with van der Waals surface area (Å²) in [6, 6.07) is 2.28. The maximum Gasteiger partial charge on any atom is 0.0507 e. The molecule has 0 saturated heterocycles. The lowest BCUT2D eigenvalue weighted by molar-refractivity contribution is 0.645. The van der Waals surface area contributed by atoms with Crippen molar-refractivity contribution in [3.63, 3.8) is 0 Å². The highest BCUT2D eigenvalue weighted by molar-refractivity contribution is 5.28. The summed E-state index contributed by atoms with van der Waals surface area (Å²) >= 11 is 0. The second-order valence-electron chi connectivity index (χ2n) is 3.00. The first-order chi connectivity index (χ1) is 6.29. The van der Waals surface area contributed by atoms with Crippen molar-refractivity contribution in [3.8, 4) is 0 Å². The van der Waals surface area contributed by atoms with Crippen molar-refractivity contribution in [2.24, 2.45) is 0 Å². The average molecular weight is 176 g/mol. The molecule has 0 aliphatic carbocycles. The molecule has 1 N–H and O–H groups in total. The Bertz CT molecular complexity index is 281. The van der Waals surface area contributed by atoms with Crippen LogP contribution in [-0.4, -0.2) is 11.5 Å². The number of aromatic nitrogens is 1. The molecule has 2 nitrogen and oxygen atoms in total. The second-order valence-corrected chi connectivity index (χ2v) is 3.00. The van der Waals surface area contributed by atoms with E-state index in [0.29, 0.717) is 0 Å². The molecule has 1 heterocycles. The fraction of sp³-hybridized carbons (Fsp3) is 0.364. The van der Waals surface area contributed by atoms with Crippen LogP contribution in [-0.2, 0) is 0 Å². The first kappa shape index (κ1) is 9.93. The van der Waals surface area contributed by atoms with Gasteiger partial charge < -0.3 is 5.32 Å². The normalized spacial score (nSPS) is 12.5. The molecule has 0 aliphatic heterocycles. The van der Waals surface area contributed by atoms with E-state index in [2.05, 4.69) is 30.7 Å². The maximum absolute atomic E-state index is 4.06. The number of likely N-dealkylation sites (N-methyl/N-ethyl adjacent to an activating group) is 1. The Morgan fingerprint density at radius 2 is 2.46 bits per heavy atom. The van der Waals surface area contributed by atoms with Crippen molar-refractivity contribution in [3.05, 3.63) is 42.2 Å². The van der Waals surface area contributed by atoms with E-state index >= 15 is 0 Å². The smallest absolute Gasteiger partial charge is 0.0507 e. The van der Waals surface area contributed by atoms with E-state index in [0.717, 1.165) is 6.54 Å². The molecule has 0 aliphatic rings. The quantitative estimate of drug-likeness (QED) is 0.711. The van der Waals surface area contributed by atoms with Gasteiger partial charge in [0.25, 0.3) is 0 Å². The van der Waals surface area contributed by atoms with Crippen molar-refractivity contribution in [2.45, 2.75) is 19.9 Å².